The Morgan fingerprint density at radius 3 is 2.56 bits per heavy atom. The van der Waals surface area contributed by atoms with Crippen LogP contribution in [0.2, 0.25) is 0 Å². The normalized spacial score (nSPS) is 15.3. The lowest BCUT2D eigenvalue weighted by atomic mass is 10.1. The molecule has 1 fully saturated rings. The topological polar surface area (TPSA) is 56.4 Å². The van der Waals surface area contributed by atoms with Crippen LogP contribution in [0.4, 0.5) is 0 Å². The average molecular weight is 339 g/mol. The van der Waals surface area contributed by atoms with Crippen molar-refractivity contribution in [3.8, 4) is 0 Å². The van der Waals surface area contributed by atoms with Gasteiger partial charge in [0, 0.05) is 51.4 Å². The van der Waals surface area contributed by atoms with Gasteiger partial charge in [-0.15, -0.1) is 0 Å². The number of rotatable bonds is 5. The van der Waals surface area contributed by atoms with E-state index in [0.717, 1.165) is 44.7 Å². The van der Waals surface area contributed by atoms with Gasteiger partial charge in [-0.25, -0.2) is 0 Å². The molecular weight excluding hydrogens is 314 g/mol. The molecule has 5 nitrogen and oxygen atoms in total. The van der Waals surface area contributed by atoms with Crippen LogP contribution in [-0.4, -0.2) is 46.9 Å². The maximum Gasteiger partial charge on any atom is 0.247 e. The first-order valence-electron chi connectivity index (χ1n) is 8.83. The summed E-state index contributed by atoms with van der Waals surface area (Å²) in [6.45, 7) is 6.17. The zero-order valence-electron chi connectivity index (χ0n) is 14.7. The van der Waals surface area contributed by atoms with Gasteiger partial charge in [0.05, 0.1) is 0 Å². The number of amides is 1. The Balaban J connectivity index is 1.44. The van der Waals surface area contributed by atoms with Gasteiger partial charge < -0.3 is 9.88 Å². The molecule has 2 heterocycles. The maximum absolute atomic E-state index is 12.4. The number of aromatic amines is 1. The van der Waals surface area contributed by atoms with Crippen molar-refractivity contribution in [1.29, 1.82) is 0 Å². The van der Waals surface area contributed by atoms with Crippen molar-refractivity contribution in [2.24, 2.45) is 0 Å². The molecule has 0 unspecified atom stereocenters. The van der Waals surface area contributed by atoms with Crippen molar-refractivity contribution < 1.29 is 4.79 Å². The number of hydrogen-bond acceptors (Lipinski definition) is 3. The lowest BCUT2D eigenvalue weighted by molar-refractivity contribution is -0.133. The van der Waals surface area contributed by atoms with Crippen molar-refractivity contribution in [3.05, 3.63) is 69.6 Å². The van der Waals surface area contributed by atoms with E-state index in [2.05, 4.69) is 35.0 Å². The standard InChI is InChI=1S/C20H25N3O2/c1-16-3-2-4-17(13-16)6-8-20(25)23-11-9-22(10-12-23)15-18-5-7-19(24)21-14-18/h2-5,7,13-14H,6,8-12,15H2,1H3,(H,21,24). The van der Waals surface area contributed by atoms with Gasteiger partial charge >= 0.3 is 0 Å². The molecule has 1 aliphatic heterocycles. The fourth-order valence-electron chi connectivity index (χ4n) is 3.23. The average Bonchev–Trinajstić information content (AvgIpc) is 2.62. The molecular formula is C20H25N3O2. The summed E-state index contributed by atoms with van der Waals surface area (Å²) in [5.74, 6) is 0.241. The van der Waals surface area contributed by atoms with E-state index in [1.807, 2.05) is 17.0 Å². The fraction of sp³-hybridized carbons (Fsp3) is 0.400. The molecule has 25 heavy (non-hydrogen) atoms. The molecule has 2 aromatic rings. The van der Waals surface area contributed by atoms with Gasteiger partial charge in [0.2, 0.25) is 11.5 Å². The molecule has 0 radical (unpaired) electrons. The second-order valence-corrected chi connectivity index (χ2v) is 6.71. The van der Waals surface area contributed by atoms with Crippen molar-refractivity contribution in [2.75, 3.05) is 26.2 Å². The van der Waals surface area contributed by atoms with E-state index in [1.165, 1.54) is 11.1 Å². The van der Waals surface area contributed by atoms with Gasteiger partial charge in [-0.1, -0.05) is 35.9 Å². The number of carbonyl (C=O) groups is 1. The summed E-state index contributed by atoms with van der Waals surface area (Å²) in [4.78, 5) is 30.5. The van der Waals surface area contributed by atoms with Gasteiger partial charge in [-0.2, -0.15) is 0 Å². The number of nitrogens with one attached hydrogen (secondary N) is 1. The third kappa shape index (κ3) is 5.03. The first-order chi connectivity index (χ1) is 12.1. The minimum absolute atomic E-state index is 0.0761. The molecule has 0 aliphatic carbocycles. The summed E-state index contributed by atoms with van der Waals surface area (Å²) in [6.07, 6.45) is 3.14. The molecule has 1 aromatic carbocycles. The number of nitrogens with zero attached hydrogens (tertiary/aromatic N) is 2. The molecule has 0 spiro atoms. The van der Waals surface area contributed by atoms with E-state index in [4.69, 9.17) is 0 Å². The monoisotopic (exact) mass is 339 g/mol. The highest BCUT2D eigenvalue weighted by Gasteiger charge is 2.20. The third-order valence-electron chi connectivity index (χ3n) is 4.69. The Labute approximate surface area is 148 Å². The number of pyridine rings is 1. The Hall–Kier alpha value is -2.40. The van der Waals surface area contributed by atoms with Crippen LogP contribution in [0, 0.1) is 6.92 Å². The van der Waals surface area contributed by atoms with E-state index in [1.54, 1.807) is 12.3 Å². The smallest absolute Gasteiger partial charge is 0.247 e. The van der Waals surface area contributed by atoms with Crippen molar-refractivity contribution in [3.63, 3.8) is 0 Å². The second-order valence-electron chi connectivity index (χ2n) is 6.71. The van der Waals surface area contributed by atoms with E-state index < -0.39 is 0 Å². The lowest BCUT2D eigenvalue weighted by Crippen LogP contribution is -2.48. The molecule has 5 heteroatoms. The summed E-state index contributed by atoms with van der Waals surface area (Å²) >= 11 is 0. The summed E-state index contributed by atoms with van der Waals surface area (Å²) < 4.78 is 0. The quantitative estimate of drug-likeness (QED) is 0.906. The molecule has 0 bridgehead atoms. The van der Waals surface area contributed by atoms with E-state index in [-0.39, 0.29) is 11.5 Å². The summed E-state index contributed by atoms with van der Waals surface area (Å²) in [5.41, 5.74) is 3.48. The van der Waals surface area contributed by atoms with E-state index in [9.17, 15) is 9.59 Å². The van der Waals surface area contributed by atoms with Crippen LogP contribution >= 0.6 is 0 Å². The van der Waals surface area contributed by atoms with E-state index in [0.29, 0.717) is 6.42 Å². The molecule has 3 rings (SSSR count). The Bertz CT molecular complexity index is 756. The van der Waals surface area contributed by atoms with Gasteiger partial charge in [0.25, 0.3) is 0 Å². The number of hydrogen-bond donors (Lipinski definition) is 1. The minimum atomic E-state index is -0.0761. The molecule has 1 N–H and O–H groups in total. The Morgan fingerprint density at radius 2 is 1.88 bits per heavy atom. The maximum atomic E-state index is 12.4. The highest BCUT2D eigenvalue weighted by atomic mass is 16.2. The van der Waals surface area contributed by atoms with Crippen LogP contribution in [0.15, 0.2) is 47.4 Å². The number of H-pyrrole nitrogens is 1. The zero-order valence-corrected chi connectivity index (χ0v) is 14.7. The molecule has 1 aliphatic rings. The van der Waals surface area contributed by atoms with Crippen LogP contribution in [0.5, 0.6) is 0 Å². The van der Waals surface area contributed by atoms with Gasteiger partial charge in [-0.05, 0) is 24.5 Å². The predicted octanol–water partition coefficient (Wildman–Crippen LogP) is 1.96. The summed E-state index contributed by atoms with van der Waals surface area (Å²) in [7, 11) is 0. The van der Waals surface area contributed by atoms with Crippen LogP contribution < -0.4 is 5.56 Å². The van der Waals surface area contributed by atoms with Crippen molar-refractivity contribution in [1.82, 2.24) is 14.8 Å². The molecule has 1 amide bonds. The molecule has 0 atom stereocenters. The fourth-order valence-corrected chi connectivity index (χ4v) is 3.23. The summed E-state index contributed by atoms with van der Waals surface area (Å²) in [5, 5.41) is 0. The third-order valence-corrected chi connectivity index (χ3v) is 4.69. The number of carbonyl (C=O) groups excluding carboxylic acids is 1. The molecule has 0 saturated carbocycles. The highest BCUT2D eigenvalue weighted by molar-refractivity contribution is 5.76. The lowest BCUT2D eigenvalue weighted by Gasteiger charge is -2.34. The highest BCUT2D eigenvalue weighted by Crippen LogP contribution is 2.11. The second kappa shape index (κ2) is 8.12. The van der Waals surface area contributed by atoms with Crippen LogP contribution in [0.3, 0.4) is 0 Å². The van der Waals surface area contributed by atoms with Crippen LogP contribution in [0.25, 0.3) is 0 Å². The van der Waals surface area contributed by atoms with Crippen molar-refractivity contribution in [2.45, 2.75) is 26.3 Å². The zero-order chi connectivity index (χ0) is 17.6. The van der Waals surface area contributed by atoms with Crippen LogP contribution in [0.1, 0.15) is 23.1 Å². The van der Waals surface area contributed by atoms with E-state index >= 15 is 0 Å². The van der Waals surface area contributed by atoms with Crippen molar-refractivity contribution >= 4 is 5.91 Å². The largest absolute Gasteiger partial charge is 0.340 e. The SMILES string of the molecule is Cc1cccc(CCC(=O)N2CCN(Cc3ccc(=O)[nH]c3)CC2)c1. The predicted molar refractivity (Wildman–Crippen MR) is 98.4 cm³/mol. The number of piperazine rings is 1. The van der Waals surface area contributed by atoms with Gasteiger partial charge in [0.1, 0.15) is 0 Å². The first kappa shape index (κ1) is 17.4. The molecule has 1 aromatic heterocycles. The van der Waals surface area contributed by atoms with Crippen LogP contribution in [-0.2, 0) is 17.8 Å². The minimum Gasteiger partial charge on any atom is -0.340 e. The number of benzene rings is 1. The summed E-state index contributed by atoms with van der Waals surface area (Å²) in [6, 6.07) is 11.8. The van der Waals surface area contributed by atoms with Gasteiger partial charge in [-0.3, -0.25) is 14.5 Å². The Morgan fingerprint density at radius 1 is 1.08 bits per heavy atom. The number of aromatic nitrogens is 1. The molecule has 132 valence electrons. The first-order valence-corrected chi connectivity index (χ1v) is 8.83. The number of aryl methyl sites for hydroxylation is 2. The Kier molecular flexibility index (Phi) is 5.66. The van der Waals surface area contributed by atoms with Gasteiger partial charge in [0.15, 0.2) is 0 Å². The molecule has 1 saturated heterocycles.